The van der Waals surface area contributed by atoms with Gasteiger partial charge in [0.15, 0.2) is 11.6 Å². The summed E-state index contributed by atoms with van der Waals surface area (Å²) in [5.74, 6) is -1.93. The van der Waals surface area contributed by atoms with Crippen LogP contribution in [0.25, 0.3) is 0 Å². The van der Waals surface area contributed by atoms with Crippen LogP contribution in [0.4, 0.5) is 8.78 Å². The molecule has 2 aromatic rings. The van der Waals surface area contributed by atoms with Crippen molar-refractivity contribution in [3.05, 3.63) is 68.2 Å². The Hall–Kier alpha value is -0.970. The quantitative estimate of drug-likeness (QED) is 0.781. The summed E-state index contributed by atoms with van der Waals surface area (Å²) in [5, 5.41) is 0.119. The number of nitrogens with two attached hydrogens (primary N) is 1. The molecule has 0 amide bonds. The number of rotatable bonds is 2. The van der Waals surface area contributed by atoms with E-state index in [4.69, 9.17) is 17.3 Å². The summed E-state index contributed by atoms with van der Waals surface area (Å²) in [5.41, 5.74) is 8.23. The molecule has 0 radical (unpaired) electrons. The zero-order valence-corrected chi connectivity index (χ0v) is 12.4. The first-order valence-electron chi connectivity index (χ1n) is 5.56. The Labute approximate surface area is 123 Å². The minimum atomic E-state index is -0.978. The van der Waals surface area contributed by atoms with Crippen LogP contribution < -0.4 is 5.73 Å². The van der Waals surface area contributed by atoms with Crippen LogP contribution in [0.15, 0.2) is 34.8 Å². The van der Waals surface area contributed by atoms with Gasteiger partial charge >= 0.3 is 0 Å². The van der Waals surface area contributed by atoms with E-state index in [1.165, 1.54) is 0 Å². The predicted molar refractivity (Wildman–Crippen MR) is 76.3 cm³/mol. The van der Waals surface area contributed by atoms with Gasteiger partial charge < -0.3 is 5.73 Å². The van der Waals surface area contributed by atoms with E-state index in [2.05, 4.69) is 15.9 Å². The molecule has 0 saturated carbocycles. The molecule has 0 aliphatic carbocycles. The molecule has 2 aromatic carbocycles. The van der Waals surface area contributed by atoms with Crippen LogP contribution in [0.1, 0.15) is 22.7 Å². The zero-order valence-electron chi connectivity index (χ0n) is 10.1. The van der Waals surface area contributed by atoms with Crippen LogP contribution in [0.5, 0.6) is 0 Å². The van der Waals surface area contributed by atoms with E-state index in [0.717, 1.165) is 27.7 Å². The van der Waals surface area contributed by atoms with E-state index in [9.17, 15) is 8.78 Å². The molecule has 0 bridgehead atoms. The molecule has 19 heavy (non-hydrogen) atoms. The van der Waals surface area contributed by atoms with Crippen molar-refractivity contribution in [3.63, 3.8) is 0 Å². The van der Waals surface area contributed by atoms with Crippen LogP contribution in [-0.2, 0) is 0 Å². The summed E-state index contributed by atoms with van der Waals surface area (Å²) in [6, 6.07) is 6.97. The van der Waals surface area contributed by atoms with E-state index in [-0.39, 0.29) is 5.02 Å². The minimum absolute atomic E-state index is 0.119. The van der Waals surface area contributed by atoms with Crippen LogP contribution in [0.2, 0.25) is 5.02 Å². The third-order valence-corrected chi connectivity index (χ3v) is 3.76. The maximum absolute atomic E-state index is 13.3. The van der Waals surface area contributed by atoms with Gasteiger partial charge in [0.05, 0.1) is 6.04 Å². The summed E-state index contributed by atoms with van der Waals surface area (Å²) >= 11 is 9.29. The van der Waals surface area contributed by atoms with Crippen LogP contribution >= 0.6 is 27.5 Å². The molecule has 0 aromatic heterocycles. The molecule has 1 atom stereocenters. The van der Waals surface area contributed by atoms with Gasteiger partial charge in [-0.2, -0.15) is 0 Å². The smallest absolute Gasteiger partial charge is 0.160 e. The molecule has 2 rings (SSSR count). The van der Waals surface area contributed by atoms with Crippen LogP contribution in [0.3, 0.4) is 0 Å². The summed E-state index contributed by atoms with van der Waals surface area (Å²) in [7, 11) is 0. The van der Waals surface area contributed by atoms with Crippen molar-refractivity contribution < 1.29 is 8.78 Å². The summed E-state index contributed by atoms with van der Waals surface area (Å²) < 4.78 is 27.3. The number of benzene rings is 2. The van der Waals surface area contributed by atoms with E-state index < -0.39 is 17.7 Å². The molecular formula is C14H11BrClF2N. The van der Waals surface area contributed by atoms with Crippen LogP contribution in [0, 0.1) is 18.6 Å². The molecule has 0 aliphatic rings. The van der Waals surface area contributed by atoms with Gasteiger partial charge in [-0.1, -0.05) is 33.6 Å². The Morgan fingerprint density at radius 3 is 2.37 bits per heavy atom. The average Bonchev–Trinajstić information content (AvgIpc) is 2.33. The highest BCUT2D eigenvalue weighted by Gasteiger charge is 2.17. The monoisotopic (exact) mass is 345 g/mol. The molecular weight excluding hydrogens is 336 g/mol. The first-order chi connectivity index (χ1) is 8.90. The highest BCUT2D eigenvalue weighted by molar-refractivity contribution is 9.10. The fraction of sp³-hybridized carbons (Fsp3) is 0.143. The molecule has 0 spiro atoms. The molecule has 0 saturated heterocycles. The fourth-order valence-corrected chi connectivity index (χ4v) is 2.68. The summed E-state index contributed by atoms with van der Waals surface area (Å²) in [4.78, 5) is 0. The number of hydrogen-bond donors (Lipinski definition) is 1. The Morgan fingerprint density at radius 1 is 1.11 bits per heavy atom. The van der Waals surface area contributed by atoms with Gasteiger partial charge in [0.1, 0.15) is 0 Å². The Bertz CT molecular complexity index is 631. The first kappa shape index (κ1) is 14.4. The van der Waals surface area contributed by atoms with Gasteiger partial charge in [-0.3, -0.25) is 0 Å². The SMILES string of the molecule is Cc1cc(Br)ccc1C(N)c1cc(F)c(F)cc1Cl. The number of aryl methyl sites for hydroxylation is 1. The van der Waals surface area contributed by atoms with Crippen molar-refractivity contribution in [3.8, 4) is 0 Å². The van der Waals surface area contributed by atoms with Gasteiger partial charge in [0, 0.05) is 9.50 Å². The highest BCUT2D eigenvalue weighted by Crippen LogP contribution is 2.31. The molecule has 1 nitrogen and oxygen atoms in total. The lowest BCUT2D eigenvalue weighted by molar-refractivity contribution is 0.506. The molecule has 0 aliphatic heterocycles. The molecule has 5 heteroatoms. The third kappa shape index (κ3) is 2.96. The van der Waals surface area contributed by atoms with Crippen LogP contribution in [-0.4, -0.2) is 0 Å². The second-order valence-corrected chi connectivity index (χ2v) is 5.59. The second kappa shape index (κ2) is 5.57. The van der Waals surface area contributed by atoms with E-state index in [1.807, 2.05) is 25.1 Å². The van der Waals surface area contributed by atoms with Crippen molar-refractivity contribution in [2.75, 3.05) is 0 Å². The van der Waals surface area contributed by atoms with Crippen molar-refractivity contribution in [1.82, 2.24) is 0 Å². The number of halogens is 4. The molecule has 0 heterocycles. The highest BCUT2D eigenvalue weighted by atomic mass is 79.9. The Balaban J connectivity index is 2.49. The fourth-order valence-electron chi connectivity index (χ4n) is 1.93. The zero-order chi connectivity index (χ0) is 14.2. The van der Waals surface area contributed by atoms with E-state index in [1.54, 1.807) is 0 Å². The average molecular weight is 347 g/mol. The molecule has 100 valence electrons. The van der Waals surface area contributed by atoms with Gasteiger partial charge in [0.2, 0.25) is 0 Å². The Morgan fingerprint density at radius 2 is 1.74 bits per heavy atom. The maximum Gasteiger partial charge on any atom is 0.160 e. The van der Waals surface area contributed by atoms with E-state index in [0.29, 0.717) is 5.56 Å². The van der Waals surface area contributed by atoms with Crippen molar-refractivity contribution >= 4 is 27.5 Å². The van der Waals surface area contributed by atoms with Gasteiger partial charge in [-0.15, -0.1) is 0 Å². The largest absolute Gasteiger partial charge is 0.320 e. The normalized spacial score (nSPS) is 12.5. The lowest BCUT2D eigenvalue weighted by atomic mass is 9.95. The summed E-state index contributed by atoms with van der Waals surface area (Å²) in [6.45, 7) is 1.90. The topological polar surface area (TPSA) is 26.0 Å². The van der Waals surface area contributed by atoms with Gasteiger partial charge in [-0.05, 0) is 47.9 Å². The standard InChI is InChI=1S/C14H11BrClF2N/c1-7-4-8(15)2-3-9(7)14(19)10-5-12(17)13(18)6-11(10)16/h2-6,14H,19H2,1H3. The van der Waals surface area contributed by atoms with E-state index >= 15 is 0 Å². The molecule has 2 N–H and O–H groups in total. The lowest BCUT2D eigenvalue weighted by Gasteiger charge is -2.17. The van der Waals surface area contributed by atoms with Crippen molar-refractivity contribution in [2.45, 2.75) is 13.0 Å². The van der Waals surface area contributed by atoms with Gasteiger partial charge in [0.25, 0.3) is 0 Å². The van der Waals surface area contributed by atoms with Gasteiger partial charge in [-0.25, -0.2) is 8.78 Å². The number of hydrogen-bond acceptors (Lipinski definition) is 1. The minimum Gasteiger partial charge on any atom is -0.320 e. The lowest BCUT2D eigenvalue weighted by Crippen LogP contribution is -2.14. The molecule has 1 unspecified atom stereocenters. The second-order valence-electron chi connectivity index (χ2n) is 4.27. The Kier molecular flexibility index (Phi) is 4.23. The first-order valence-corrected chi connectivity index (χ1v) is 6.73. The maximum atomic E-state index is 13.3. The third-order valence-electron chi connectivity index (χ3n) is 2.94. The molecule has 0 fully saturated rings. The predicted octanol–water partition coefficient (Wildman–Crippen LogP) is 4.74. The van der Waals surface area contributed by atoms with Crippen molar-refractivity contribution in [2.24, 2.45) is 5.73 Å². The van der Waals surface area contributed by atoms with Crippen molar-refractivity contribution in [1.29, 1.82) is 0 Å². The summed E-state index contributed by atoms with van der Waals surface area (Å²) in [6.07, 6.45) is 0.